The van der Waals surface area contributed by atoms with Gasteiger partial charge in [-0.3, -0.25) is 4.79 Å². The van der Waals surface area contributed by atoms with Crippen LogP contribution in [0.2, 0.25) is 0 Å². The van der Waals surface area contributed by atoms with Gasteiger partial charge >= 0.3 is 5.97 Å². The molecule has 2 N–H and O–H groups in total. The summed E-state index contributed by atoms with van der Waals surface area (Å²) in [6.45, 7) is 0.544. The first-order chi connectivity index (χ1) is 8.13. The van der Waals surface area contributed by atoms with E-state index in [9.17, 15) is 9.18 Å². The van der Waals surface area contributed by atoms with Crippen molar-refractivity contribution in [1.29, 1.82) is 0 Å². The molecule has 1 aromatic carbocycles. The lowest BCUT2D eigenvalue weighted by atomic mass is 10.1. The Morgan fingerprint density at radius 2 is 2.29 bits per heavy atom. The van der Waals surface area contributed by atoms with Gasteiger partial charge in [-0.1, -0.05) is 17.9 Å². The van der Waals surface area contributed by atoms with Crippen molar-refractivity contribution in [3.63, 3.8) is 0 Å². The molecule has 0 bridgehead atoms. The lowest BCUT2D eigenvalue weighted by Gasteiger charge is -2.01. The van der Waals surface area contributed by atoms with Crippen LogP contribution in [0.15, 0.2) is 18.2 Å². The third-order valence-corrected chi connectivity index (χ3v) is 2.16. The van der Waals surface area contributed by atoms with E-state index in [-0.39, 0.29) is 12.8 Å². The van der Waals surface area contributed by atoms with E-state index in [2.05, 4.69) is 17.2 Å². The van der Waals surface area contributed by atoms with Crippen molar-refractivity contribution in [2.24, 2.45) is 0 Å². The fourth-order valence-electron chi connectivity index (χ4n) is 1.30. The van der Waals surface area contributed by atoms with Gasteiger partial charge in [-0.2, -0.15) is 0 Å². The van der Waals surface area contributed by atoms with Crippen LogP contribution in [0.5, 0.6) is 0 Å². The Hall–Kier alpha value is -1.86. The fraction of sp³-hybridized carbons (Fsp3) is 0.308. The summed E-state index contributed by atoms with van der Waals surface area (Å²) in [4.78, 5) is 10.4. The number of aliphatic carboxylic acids is 1. The molecule has 1 rings (SSSR count). The smallest absolute Gasteiger partial charge is 0.303 e. The Morgan fingerprint density at radius 1 is 1.53 bits per heavy atom. The monoisotopic (exact) mass is 235 g/mol. The van der Waals surface area contributed by atoms with Crippen LogP contribution in [0.25, 0.3) is 0 Å². The molecule has 90 valence electrons. The standard InChI is InChI=1S/C13H14FNO2/c1-15-8-2-3-10-4-5-11(12(14)9-10)6-7-13(16)17/h4-5,9,15H,6-8H2,1H3,(H,16,17). The molecule has 0 aromatic heterocycles. The molecule has 0 aliphatic heterocycles. The van der Waals surface area contributed by atoms with Gasteiger partial charge in [0.1, 0.15) is 5.82 Å². The molecule has 17 heavy (non-hydrogen) atoms. The van der Waals surface area contributed by atoms with Crippen LogP contribution in [0, 0.1) is 17.7 Å². The van der Waals surface area contributed by atoms with Crippen molar-refractivity contribution in [3.05, 3.63) is 35.1 Å². The quantitative estimate of drug-likeness (QED) is 0.776. The van der Waals surface area contributed by atoms with Gasteiger partial charge < -0.3 is 10.4 Å². The molecular formula is C13H14FNO2. The summed E-state index contributed by atoms with van der Waals surface area (Å²) in [5.41, 5.74) is 1.00. The Kier molecular flexibility index (Phi) is 5.18. The normalized spacial score (nSPS) is 9.53. The molecule has 0 aliphatic rings. The summed E-state index contributed by atoms with van der Waals surface area (Å²) in [5, 5.41) is 11.4. The van der Waals surface area contributed by atoms with Crippen molar-refractivity contribution in [2.45, 2.75) is 12.8 Å². The Bertz CT molecular complexity index is 460. The third kappa shape index (κ3) is 4.66. The Balaban J connectivity index is 2.73. The SMILES string of the molecule is CNCC#Cc1ccc(CCC(=O)O)c(F)c1. The highest BCUT2D eigenvalue weighted by Gasteiger charge is 2.05. The number of halogens is 1. The van der Waals surface area contributed by atoms with E-state index in [4.69, 9.17) is 5.11 Å². The molecule has 0 heterocycles. The molecule has 0 aliphatic carbocycles. The number of hydrogen-bond donors (Lipinski definition) is 2. The van der Waals surface area contributed by atoms with E-state index < -0.39 is 11.8 Å². The molecule has 0 spiro atoms. The zero-order valence-electron chi connectivity index (χ0n) is 9.59. The summed E-state index contributed by atoms with van der Waals surface area (Å²) >= 11 is 0. The fourth-order valence-corrected chi connectivity index (χ4v) is 1.30. The van der Waals surface area contributed by atoms with E-state index >= 15 is 0 Å². The van der Waals surface area contributed by atoms with Gasteiger partial charge in [0.05, 0.1) is 6.54 Å². The summed E-state index contributed by atoms with van der Waals surface area (Å²) in [7, 11) is 1.78. The van der Waals surface area contributed by atoms with Gasteiger partial charge in [0.25, 0.3) is 0 Å². The van der Waals surface area contributed by atoms with E-state index in [1.807, 2.05) is 0 Å². The Morgan fingerprint density at radius 3 is 2.88 bits per heavy atom. The number of benzene rings is 1. The molecule has 1 aromatic rings. The van der Waals surface area contributed by atoms with Gasteiger partial charge in [-0.25, -0.2) is 4.39 Å². The lowest BCUT2D eigenvalue weighted by molar-refractivity contribution is -0.136. The van der Waals surface area contributed by atoms with Crippen molar-refractivity contribution in [2.75, 3.05) is 13.6 Å². The predicted molar refractivity (Wildman–Crippen MR) is 63.2 cm³/mol. The summed E-state index contributed by atoms with van der Waals surface area (Å²) in [5.74, 6) is 4.31. The van der Waals surface area contributed by atoms with Gasteiger partial charge in [0, 0.05) is 12.0 Å². The Labute approximate surface area is 99.7 Å². The molecule has 0 fully saturated rings. The molecule has 0 atom stereocenters. The third-order valence-electron chi connectivity index (χ3n) is 2.16. The molecule has 0 amide bonds. The number of hydrogen-bond acceptors (Lipinski definition) is 2. The minimum Gasteiger partial charge on any atom is -0.481 e. The second-order valence-electron chi connectivity index (χ2n) is 3.53. The van der Waals surface area contributed by atoms with Gasteiger partial charge in [0.15, 0.2) is 0 Å². The van der Waals surface area contributed by atoms with Crippen molar-refractivity contribution < 1.29 is 14.3 Å². The van der Waals surface area contributed by atoms with Crippen LogP contribution < -0.4 is 5.32 Å². The second kappa shape index (κ2) is 6.66. The maximum atomic E-state index is 13.5. The first-order valence-corrected chi connectivity index (χ1v) is 5.27. The molecule has 0 saturated carbocycles. The van der Waals surface area contributed by atoms with Gasteiger partial charge in [-0.15, -0.1) is 0 Å². The van der Waals surface area contributed by atoms with E-state index in [1.165, 1.54) is 6.07 Å². The highest BCUT2D eigenvalue weighted by molar-refractivity contribution is 5.67. The molecule has 4 heteroatoms. The van der Waals surface area contributed by atoms with Crippen LogP contribution in [-0.2, 0) is 11.2 Å². The van der Waals surface area contributed by atoms with E-state index in [0.29, 0.717) is 17.7 Å². The van der Waals surface area contributed by atoms with Crippen molar-refractivity contribution in [1.82, 2.24) is 5.32 Å². The van der Waals surface area contributed by atoms with Crippen LogP contribution in [-0.4, -0.2) is 24.7 Å². The van der Waals surface area contributed by atoms with E-state index in [0.717, 1.165) is 0 Å². The number of carboxylic acids is 1. The lowest BCUT2D eigenvalue weighted by Crippen LogP contribution is -2.04. The number of carbonyl (C=O) groups is 1. The van der Waals surface area contributed by atoms with Gasteiger partial charge in [0.2, 0.25) is 0 Å². The first kappa shape index (κ1) is 13.2. The average Bonchev–Trinajstić information content (AvgIpc) is 2.28. The molecule has 0 unspecified atom stereocenters. The van der Waals surface area contributed by atoms with Crippen LogP contribution >= 0.6 is 0 Å². The summed E-state index contributed by atoms with van der Waals surface area (Å²) in [6, 6.07) is 4.62. The number of aryl methyl sites for hydroxylation is 1. The van der Waals surface area contributed by atoms with Crippen LogP contribution in [0.4, 0.5) is 4.39 Å². The number of rotatable bonds is 4. The highest BCUT2D eigenvalue weighted by atomic mass is 19.1. The molecule has 0 saturated heterocycles. The van der Waals surface area contributed by atoms with Crippen molar-refractivity contribution >= 4 is 5.97 Å². The molecular weight excluding hydrogens is 221 g/mol. The summed E-state index contributed by atoms with van der Waals surface area (Å²) < 4.78 is 13.5. The first-order valence-electron chi connectivity index (χ1n) is 5.27. The van der Waals surface area contributed by atoms with Crippen molar-refractivity contribution in [3.8, 4) is 11.8 Å². The maximum absolute atomic E-state index is 13.5. The van der Waals surface area contributed by atoms with Gasteiger partial charge in [-0.05, 0) is 31.2 Å². The largest absolute Gasteiger partial charge is 0.481 e. The minimum atomic E-state index is -0.928. The molecule has 0 radical (unpaired) electrons. The highest BCUT2D eigenvalue weighted by Crippen LogP contribution is 2.11. The van der Waals surface area contributed by atoms with Crippen LogP contribution in [0.3, 0.4) is 0 Å². The zero-order chi connectivity index (χ0) is 12.7. The topological polar surface area (TPSA) is 49.3 Å². The average molecular weight is 235 g/mol. The number of nitrogens with one attached hydrogen (secondary N) is 1. The van der Waals surface area contributed by atoms with E-state index in [1.54, 1.807) is 19.2 Å². The minimum absolute atomic E-state index is 0.0678. The second-order valence-corrected chi connectivity index (χ2v) is 3.53. The summed E-state index contributed by atoms with van der Waals surface area (Å²) in [6.07, 6.45) is 0.132. The number of carboxylic acid groups (broad SMARTS) is 1. The predicted octanol–water partition coefficient (Wildman–Crippen LogP) is 1.41. The molecule has 3 nitrogen and oxygen atoms in total. The van der Waals surface area contributed by atoms with Crippen LogP contribution in [0.1, 0.15) is 17.5 Å². The zero-order valence-corrected chi connectivity index (χ0v) is 9.59. The maximum Gasteiger partial charge on any atom is 0.303 e.